The molecule has 0 bridgehead atoms. The van der Waals surface area contributed by atoms with E-state index >= 15 is 0 Å². The Bertz CT molecular complexity index is 1110. The summed E-state index contributed by atoms with van der Waals surface area (Å²) in [6, 6.07) is 15.1. The highest BCUT2D eigenvalue weighted by atomic mass is 19.4. The smallest absolute Gasteiger partial charge is 0.407 e. The minimum Gasteiger partial charge on any atom is -0.479 e. The zero-order valence-corrected chi connectivity index (χ0v) is 18.4. The first-order chi connectivity index (χ1) is 16.5. The SMILES string of the molecule is O=C(NCC(C(=O)N1CCC(O)(C(=O)O)C1)C(F)(F)F)OCC1c2ccccc2-c2ccccc21. The number of aliphatic hydroxyl groups is 1. The van der Waals surface area contributed by atoms with Crippen LogP contribution in [0.2, 0.25) is 0 Å². The summed E-state index contributed by atoms with van der Waals surface area (Å²) >= 11 is 0. The largest absolute Gasteiger partial charge is 0.479 e. The van der Waals surface area contributed by atoms with Crippen molar-refractivity contribution in [3.8, 4) is 11.1 Å². The van der Waals surface area contributed by atoms with E-state index in [1.165, 1.54) is 0 Å². The van der Waals surface area contributed by atoms with Gasteiger partial charge in [0.15, 0.2) is 11.5 Å². The van der Waals surface area contributed by atoms with Crippen LogP contribution in [0.4, 0.5) is 18.0 Å². The normalized spacial score (nSPS) is 20.2. The Morgan fingerprint density at radius 2 is 1.66 bits per heavy atom. The van der Waals surface area contributed by atoms with E-state index in [1.54, 1.807) is 0 Å². The number of carbonyl (C=O) groups excluding carboxylic acids is 2. The Labute approximate surface area is 198 Å². The van der Waals surface area contributed by atoms with Crippen LogP contribution in [0, 0.1) is 5.92 Å². The molecule has 8 nitrogen and oxygen atoms in total. The average molecular weight is 492 g/mol. The van der Waals surface area contributed by atoms with Crippen LogP contribution >= 0.6 is 0 Å². The molecule has 2 aromatic carbocycles. The van der Waals surface area contributed by atoms with Crippen molar-refractivity contribution in [2.45, 2.75) is 24.1 Å². The van der Waals surface area contributed by atoms with Gasteiger partial charge in [-0.1, -0.05) is 48.5 Å². The molecule has 0 saturated carbocycles. The second-order valence-corrected chi connectivity index (χ2v) is 8.65. The van der Waals surface area contributed by atoms with Crippen LogP contribution in [0.1, 0.15) is 23.5 Å². The maximum atomic E-state index is 13.6. The molecular formula is C24H23F3N2O6. The number of benzene rings is 2. The number of β-amino-alcohol motifs (C(OH)–C–C–N with tert-alkyl or cyclic N) is 1. The van der Waals surface area contributed by atoms with Crippen molar-refractivity contribution in [3.05, 3.63) is 59.7 Å². The molecule has 2 unspecified atom stereocenters. The topological polar surface area (TPSA) is 116 Å². The van der Waals surface area contributed by atoms with Crippen molar-refractivity contribution in [2.24, 2.45) is 5.92 Å². The molecule has 1 aliphatic heterocycles. The molecule has 0 radical (unpaired) electrons. The van der Waals surface area contributed by atoms with Gasteiger partial charge in [-0.25, -0.2) is 9.59 Å². The van der Waals surface area contributed by atoms with Gasteiger partial charge in [-0.3, -0.25) is 4.79 Å². The number of amides is 2. The Hall–Kier alpha value is -3.60. The fraction of sp³-hybridized carbons (Fsp3) is 0.375. The molecule has 2 aromatic rings. The number of likely N-dealkylation sites (tertiary alicyclic amines) is 1. The first-order valence-corrected chi connectivity index (χ1v) is 10.9. The molecule has 1 fully saturated rings. The van der Waals surface area contributed by atoms with Gasteiger partial charge in [0, 0.05) is 25.4 Å². The molecule has 0 spiro atoms. The fourth-order valence-electron chi connectivity index (χ4n) is 4.55. The maximum Gasteiger partial charge on any atom is 0.407 e. The number of nitrogens with one attached hydrogen (secondary N) is 1. The van der Waals surface area contributed by atoms with E-state index in [0.29, 0.717) is 4.90 Å². The molecule has 1 heterocycles. The molecular weight excluding hydrogens is 469 g/mol. The maximum absolute atomic E-state index is 13.6. The summed E-state index contributed by atoms with van der Waals surface area (Å²) in [5.74, 6) is -5.94. The van der Waals surface area contributed by atoms with Crippen LogP contribution in [0.15, 0.2) is 48.5 Å². The lowest BCUT2D eigenvalue weighted by atomic mass is 9.98. The zero-order valence-electron chi connectivity index (χ0n) is 18.4. The summed E-state index contributed by atoms with van der Waals surface area (Å²) in [7, 11) is 0. The number of hydrogen-bond donors (Lipinski definition) is 3. The number of alkyl carbamates (subject to hydrolysis) is 1. The lowest BCUT2D eigenvalue weighted by molar-refractivity contribution is -0.187. The van der Waals surface area contributed by atoms with Crippen molar-refractivity contribution in [3.63, 3.8) is 0 Å². The fourth-order valence-corrected chi connectivity index (χ4v) is 4.55. The Kier molecular flexibility index (Phi) is 6.46. The van der Waals surface area contributed by atoms with Gasteiger partial charge in [0.05, 0.1) is 6.54 Å². The first kappa shape index (κ1) is 24.5. The molecule has 35 heavy (non-hydrogen) atoms. The second kappa shape index (κ2) is 9.21. The van der Waals surface area contributed by atoms with Gasteiger partial charge >= 0.3 is 18.2 Å². The number of hydrogen-bond acceptors (Lipinski definition) is 5. The highest BCUT2D eigenvalue weighted by Crippen LogP contribution is 2.44. The van der Waals surface area contributed by atoms with Crippen LogP contribution < -0.4 is 5.32 Å². The van der Waals surface area contributed by atoms with Crippen LogP contribution in [0.5, 0.6) is 0 Å². The van der Waals surface area contributed by atoms with Crippen molar-refractivity contribution in [1.82, 2.24) is 10.2 Å². The third kappa shape index (κ3) is 4.81. The van der Waals surface area contributed by atoms with E-state index < -0.39 is 55.2 Å². The number of alkyl halides is 3. The summed E-state index contributed by atoms with van der Waals surface area (Å²) in [4.78, 5) is 36.5. The van der Waals surface area contributed by atoms with Gasteiger partial charge < -0.3 is 25.2 Å². The lowest BCUT2D eigenvalue weighted by Gasteiger charge is -2.26. The molecule has 1 saturated heterocycles. The van der Waals surface area contributed by atoms with E-state index in [9.17, 15) is 32.7 Å². The van der Waals surface area contributed by atoms with Crippen molar-refractivity contribution < 1.29 is 42.5 Å². The summed E-state index contributed by atoms with van der Waals surface area (Å²) in [6.45, 7) is -2.30. The first-order valence-electron chi connectivity index (χ1n) is 10.9. The van der Waals surface area contributed by atoms with Gasteiger partial charge in [0.2, 0.25) is 5.91 Å². The van der Waals surface area contributed by atoms with E-state index in [2.05, 4.69) is 0 Å². The average Bonchev–Trinajstić information content (AvgIpc) is 3.36. The molecule has 1 aliphatic carbocycles. The molecule has 2 atom stereocenters. The number of nitrogens with zero attached hydrogens (tertiary/aromatic N) is 1. The lowest BCUT2D eigenvalue weighted by Crippen LogP contribution is -2.49. The molecule has 0 aromatic heterocycles. The van der Waals surface area contributed by atoms with E-state index in [-0.39, 0.29) is 19.1 Å². The van der Waals surface area contributed by atoms with Crippen molar-refractivity contribution in [2.75, 3.05) is 26.2 Å². The van der Waals surface area contributed by atoms with Crippen LogP contribution in [0.25, 0.3) is 11.1 Å². The molecule has 186 valence electrons. The summed E-state index contributed by atoms with van der Waals surface area (Å²) in [5.41, 5.74) is 1.56. The van der Waals surface area contributed by atoms with Gasteiger partial charge in [0.25, 0.3) is 0 Å². The number of carbonyl (C=O) groups is 3. The third-order valence-corrected chi connectivity index (χ3v) is 6.44. The molecule has 2 amide bonds. The Morgan fingerprint density at radius 3 is 2.17 bits per heavy atom. The molecule has 11 heteroatoms. The Morgan fingerprint density at radius 1 is 1.09 bits per heavy atom. The van der Waals surface area contributed by atoms with Crippen molar-refractivity contribution in [1.29, 1.82) is 0 Å². The van der Waals surface area contributed by atoms with Crippen LogP contribution in [0.3, 0.4) is 0 Å². The second-order valence-electron chi connectivity index (χ2n) is 8.65. The zero-order chi connectivity index (χ0) is 25.4. The van der Waals surface area contributed by atoms with Gasteiger partial charge in [-0.05, 0) is 22.3 Å². The highest BCUT2D eigenvalue weighted by molar-refractivity contribution is 5.84. The van der Waals surface area contributed by atoms with E-state index in [1.807, 2.05) is 53.8 Å². The quantitative estimate of drug-likeness (QED) is 0.571. The van der Waals surface area contributed by atoms with Gasteiger partial charge in [-0.15, -0.1) is 0 Å². The molecule has 4 rings (SSSR count). The Balaban J connectivity index is 1.38. The standard InChI is InChI=1S/C24H23F3N2O6/c25-24(26,27)19(20(30)29-10-9-23(34,13-29)21(31)32)11-28-22(33)35-12-18-16-7-3-1-5-14(16)15-6-2-4-8-17(15)18/h1-8,18-19,34H,9-13H2,(H,28,33)(H,31,32). The third-order valence-electron chi connectivity index (χ3n) is 6.44. The summed E-state index contributed by atoms with van der Waals surface area (Å²) in [5, 5.41) is 21.0. The van der Waals surface area contributed by atoms with E-state index in [0.717, 1.165) is 22.3 Å². The van der Waals surface area contributed by atoms with Crippen molar-refractivity contribution >= 4 is 18.0 Å². The molecule has 2 aliphatic rings. The highest BCUT2D eigenvalue weighted by Gasteiger charge is 2.51. The molecule has 3 N–H and O–H groups in total. The minimum atomic E-state index is -5.00. The van der Waals surface area contributed by atoms with Crippen LogP contribution in [-0.4, -0.2) is 71.1 Å². The number of fused-ring (bicyclic) bond motifs is 3. The number of carboxylic acid groups (broad SMARTS) is 1. The summed E-state index contributed by atoms with van der Waals surface area (Å²) < 4.78 is 45.9. The van der Waals surface area contributed by atoms with E-state index in [4.69, 9.17) is 9.84 Å². The predicted molar refractivity (Wildman–Crippen MR) is 116 cm³/mol. The number of ether oxygens (including phenoxy) is 1. The van der Waals surface area contributed by atoms with Gasteiger partial charge in [-0.2, -0.15) is 13.2 Å². The van der Waals surface area contributed by atoms with Gasteiger partial charge in [0.1, 0.15) is 6.61 Å². The predicted octanol–water partition coefficient (Wildman–Crippen LogP) is 2.75. The summed E-state index contributed by atoms with van der Waals surface area (Å²) in [6.07, 6.45) is -6.51. The minimum absolute atomic E-state index is 0.109. The number of halogens is 3. The number of rotatable bonds is 6. The monoisotopic (exact) mass is 492 g/mol. The van der Waals surface area contributed by atoms with Crippen LogP contribution in [-0.2, 0) is 14.3 Å². The number of aliphatic carboxylic acids is 1. The number of carboxylic acids is 1.